The van der Waals surface area contributed by atoms with Gasteiger partial charge in [0.15, 0.2) is 0 Å². The van der Waals surface area contributed by atoms with E-state index >= 15 is 0 Å². The number of rotatable bonds is 11. The fourth-order valence-corrected chi connectivity index (χ4v) is 7.10. The highest BCUT2D eigenvalue weighted by Crippen LogP contribution is 2.64. The number of hydrogen-bond acceptors (Lipinski definition) is 7. The van der Waals surface area contributed by atoms with Crippen LogP contribution >= 0.6 is 0 Å². The molecule has 11 nitrogen and oxygen atoms in total. The van der Waals surface area contributed by atoms with Crippen molar-refractivity contribution in [1.82, 2.24) is 15.3 Å². The maximum atomic E-state index is 12.9. The number of carbonyl (C=O) groups excluding carboxylic acids is 2. The van der Waals surface area contributed by atoms with Crippen molar-refractivity contribution >= 4 is 34.0 Å². The summed E-state index contributed by atoms with van der Waals surface area (Å²) < 4.78 is 27.3. The van der Waals surface area contributed by atoms with E-state index < -0.39 is 39.4 Å². The Bertz CT molecular complexity index is 1690. The van der Waals surface area contributed by atoms with Crippen LogP contribution in [0.4, 0.5) is 10.5 Å². The summed E-state index contributed by atoms with van der Waals surface area (Å²) in [6, 6.07) is 16.5. The van der Waals surface area contributed by atoms with Gasteiger partial charge in [0.2, 0.25) is 0 Å². The fourth-order valence-electron chi connectivity index (χ4n) is 6.76. The molecule has 2 fully saturated rings. The Hall–Kier alpha value is -4.42. The Morgan fingerprint density at radius 1 is 1.11 bits per heavy atom. The second-order valence-electron chi connectivity index (χ2n) is 12.0. The Morgan fingerprint density at radius 3 is 2.50 bits per heavy atom. The Kier molecular flexibility index (Phi) is 8.93. The lowest BCUT2D eigenvalue weighted by atomic mass is 9.68. The molecule has 1 aromatic heterocycles. The number of benzene rings is 2. The highest BCUT2D eigenvalue weighted by atomic mass is 32.2. The summed E-state index contributed by atoms with van der Waals surface area (Å²) >= 11 is 0. The van der Waals surface area contributed by atoms with Gasteiger partial charge in [-0.3, -0.25) is 14.6 Å². The van der Waals surface area contributed by atoms with Crippen LogP contribution < -0.4 is 10.6 Å². The summed E-state index contributed by atoms with van der Waals surface area (Å²) in [5.41, 5.74) is 2.10. The molecule has 5 rings (SSSR count). The molecule has 0 unspecified atom stereocenters. The number of urea groups is 1. The van der Waals surface area contributed by atoms with E-state index in [1.165, 1.54) is 0 Å². The summed E-state index contributed by atoms with van der Waals surface area (Å²) in [5, 5.41) is 17.1. The summed E-state index contributed by atoms with van der Waals surface area (Å²) in [4.78, 5) is 42.5. The van der Waals surface area contributed by atoms with Crippen molar-refractivity contribution in [2.75, 3.05) is 11.9 Å². The number of Topliss-reactive ketones (excluding diaryl/α,β-unsaturated/α-hetero) is 1. The normalized spacial score (nSPS) is 22.9. The third kappa shape index (κ3) is 6.27. The average Bonchev–Trinajstić information content (AvgIpc) is 3.34. The molecule has 4 atom stereocenters. The predicted octanol–water partition coefficient (Wildman–Crippen LogP) is 4.74. The molecule has 12 heteroatoms. The van der Waals surface area contributed by atoms with Crippen LogP contribution in [0.15, 0.2) is 77.5 Å². The first-order valence-electron chi connectivity index (χ1n) is 14.5. The summed E-state index contributed by atoms with van der Waals surface area (Å²) in [6.45, 7) is 4.09. The molecule has 2 bridgehead atoms. The lowest BCUT2D eigenvalue weighted by molar-refractivity contribution is -0.144. The number of carboxylic acids is 1. The van der Waals surface area contributed by atoms with Crippen molar-refractivity contribution in [2.24, 2.45) is 21.2 Å². The number of amides is 2. The average molecular weight is 618 g/mol. The third-order valence-corrected chi connectivity index (χ3v) is 9.87. The zero-order valence-electron chi connectivity index (χ0n) is 24.6. The summed E-state index contributed by atoms with van der Waals surface area (Å²) in [5.74, 6) is -1.10. The monoisotopic (exact) mass is 617 g/mol. The SMILES string of the molecule is C[C@]1(CN(N=S(=O)=O)[C@@H](Cc2ccc(-c3ccccc3)c(NC(=O)NCc3cccnc3)c2)C(=O)O)[C@H]2CC[C@]1(C)C(=O)C2. The van der Waals surface area contributed by atoms with E-state index in [1.807, 2.05) is 50.2 Å². The molecule has 0 spiro atoms. The maximum Gasteiger partial charge on any atom is 0.328 e. The smallest absolute Gasteiger partial charge is 0.328 e. The molecule has 0 aliphatic heterocycles. The van der Waals surface area contributed by atoms with Gasteiger partial charge in [0.1, 0.15) is 11.8 Å². The van der Waals surface area contributed by atoms with Gasteiger partial charge >= 0.3 is 22.5 Å². The molecule has 2 aromatic carbocycles. The van der Waals surface area contributed by atoms with E-state index in [1.54, 1.807) is 36.7 Å². The largest absolute Gasteiger partial charge is 0.480 e. The van der Waals surface area contributed by atoms with Crippen molar-refractivity contribution < 1.29 is 27.9 Å². The quantitative estimate of drug-likeness (QED) is 0.260. The minimum Gasteiger partial charge on any atom is -0.480 e. The highest BCUT2D eigenvalue weighted by molar-refractivity contribution is 7.61. The van der Waals surface area contributed by atoms with Crippen molar-refractivity contribution in [3.05, 3.63) is 84.2 Å². The number of aliphatic carboxylic acids is 1. The van der Waals surface area contributed by atoms with Gasteiger partial charge < -0.3 is 15.7 Å². The van der Waals surface area contributed by atoms with E-state index in [0.29, 0.717) is 24.1 Å². The standard InChI is InChI=1S/C32H35N5O6S/c1-31-13-12-24(17-28(31)38)32(31,2)20-37(36-44(42)43)27(29(39)40)16-21-10-11-25(23-8-4-3-5-9-23)26(15-21)35-30(41)34-19-22-7-6-14-33-18-22/h3-11,14-15,18,24,27H,12-13,16-17,19-20H2,1-2H3,(H,39,40)(H2,34,35,41)/t24-,27-,31+,32-/m0/s1. The van der Waals surface area contributed by atoms with Crippen molar-refractivity contribution in [3.63, 3.8) is 0 Å². The second kappa shape index (κ2) is 12.7. The number of ketones is 1. The van der Waals surface area contributed by atoms with Crippen LogP contribution in [0.1, 0.15) is 44.2 Å². The molecular formula is C32H35N5O6S. The van der Waals surface area contributed by atoms with Gasteiger partial charge in [-0.05, 0) is 53.0 Å². The second-order valence-corrected chi connectivity index (χ2v) is 12.6. The van der Waals surface area contributed by atoms with E-state index in [-0.39, 0.29) is 31.2 Å². The van der Waals surface area contributed by atoms with Gasteiger partial charge in [0, 0.05) is 49.3 Å². The molecule has 2 saturated carbocycles. The molecule has 0 saturated heterocycles. The molecule has 2 aliphatic carbocycles. The first-order chi connectivity index (χ1) is 21.0. The molecule has 3 aromatic rings. The van der Waals surface area contributed by atoms with Crippen LogP contribution in [0, 0.1) is 16.7 Å². The number of aromatic nitrogens is 1. The number of nitrogens with zero attached hydrogens (tertiary/aromatic N) is 3. The Labute approximate surface area is 257 Å². The van der Waals surface area contributed by atoms with E-state index in [0.717, 1.165) is 28.1 Å². The van der Waals surface area contributed by atoms with Crippen molar-refractivity contribution in [2.45, 2.75) is 52.1 Å². The summed E-state index contributed by atoms with van der Waals surface area (Å²) in [6.07, 6.45) is 5.11. The van der Waals surface area contributed by atoms with E-state index in [4.69, 9.17) is 0 Å². The molecule has 230 valence electrons. The number of pyridine rings is 1. The zero-order valence-corrected chi connectivity index (χ0v) is 25.4. The van der Waals surface area contributed by atoms with Gasteiger partial charge in [-0.1, -0.05) is 66.9 Å². The number of carbonyl (C=O) groups is 3. The van der Waals surface area contributed by atoms with Crippen molar-refractivity contribution in [3.8, 4) is 11.1 Å². The first kappa shape index (κ1) is 31.0. The van der Waals surface area contributed by atoms with Gasteiger partial charge in [-0.25, -0.2) is 4.79 Å². The molecule has 3 N–H and O–H groups in total. The zero-order chi connectivity index (χ0) is 31.5. The van der Waals surface area contributed by atoms with Gasteiger partial charge in [-0.15, -0.1) is 0 Å². The minimum atomic E-state index is -2.91. The third-order valence-electron chi connectivity index (χ3n) is 9.53. The number of hydrogen-bond donors (Lipinski definition) is 3. The van der Waals surface area contributed by atoms with Crippen LogP contribution in [-0.4, -0.2) is 53.9 Å². The maximum absolute atomic E-state index is 12.9. The van der Waals surface area contributed by atoms with E-state index in [2.05, 4.69) is 20.1 Å². The first-order valence-corrected chi connectivity index (χ1v) is 15.5. The van der Waals surface area contributed by atoms with Crippen LogP contribution in [0.3, 0.4) is 0 Å². The molecule has 1 heterocycles. The van der Waals surface area contributed by atoms with Gasteiger partial charge in [-0.2, -0.15) is 13.4 Å². The molecule has 0 radical (unpaired) electrons. The predicted molar refractivity (Wildman–Crippen MR) is 164 cm³/mol. The molecule has 2 aliphatic rings. The highest BCUT2D eigenvalue weighted by Gasteiger charge is 2.64. The molecular weight excluding hydrogens is 582 g/mol. The van der Waals surface area contributed by atoms with Crippen LogP contribution in [0.2, 0.25) is 0 Å². The summed E-state index contributed by atoms with van der Waals surface area (Å²) in [7, 11) is -2.91. The van der Waals surface area contributed by atoms with Gasteiger partial charge in [0.25, 0.3) is 0 Å². The Morgan fingerprint density at radius 2 is 1.89 bits per heavy atom. The number of fused-ring (bicyclic) bond motifs is 2. The Balaban J connectivity index is 1.43. The fraction of sp³-hybridized carbons (Fsp3) is 0.375. The molecule has 44 heavy (non-hydrogen) atoms. The van der Waals surface area contributed by atoms with Crippen LogP contribution in [-0.2, 0) is 33.1 Å². The number of anilines is 1. The van der Waals surface area contributed by atoms with Crippen LogP contribution in [0.25, 0.3) is 11.1 Å². The van der Waals surface area contributed by atoms with E-state index in [9.17, 15) is 27.9 Å². The number of carboxylic acid groups (broad SMARTS) is 1. The van der Waals surface area contributed by atoms with Crippen molar-refractivity contribution in [1.29, 1.82) is 0 Å². The minimum absolute atomic E-state index is 0.00874. The topological polar surface area (TPSA) is 158 Å². The van der Waals surface area contributed by atoms with Gasteiger partial charge in [0.05, 0.1) is 5.69 Å². The lowest BCUT2D eigenvalue weighted by Crippen LogP contribution is -2.49. The lowest BCUT2D eigenvalue weighted by Gasteiger charge is -2.40. The number of nitrogens with one attached hydrogen (secondary N) is 2. The van der Waals surface area contributed by atoms with Crippen LogP contribution in [0.5, 0.6) is 0 Å². The molecule has 2 amide bonds.